The third-order valence-electron chi connectivity index (χ3n) is 5.48. The summed E-state index contributed by atoms with van der Waals surface area (Å²) in [4.78, 5) is 21.7. The van der Waals surface area contributed by atoms with Crippen LogP contribution in [0, 0.1) is 0 Å². The van der Waals surface area contributed by atoms with Crippen molar-refractivity contribution in [1.29, 1.82) is 0 Å². The summed E-state index contributed by atoms with van der Waals surface area (Å²) in [5.41, 5.74) is 3.46. The number of thiophene rings is 1. The molecule has 3 heterocycles. The molecule has 2 aromatic carbocycles. The Morgan fingerprint density at radius 2 is 1.89 bits per heavy atom. The first-order valence-corrected chi connectivity index (χ1v) is 12.2. The standard InChI is InChI=1S/C28H25N3O3S/c1-28(2,3)34-26(32)16-31-25(13-12-18-17-35-24-11-7-5-9-21(18)24)30-23(27(31)33)14-19-15-29-22-10-6-4-8-20(19)22/h4-15,17,33H,16H2,1-3H3/b13-12+,19-14?. The number of allylic oxidation sites excluding steroid dienone is 1. The number of nitrogens with zero attached hydrogens (tertiary/aromatic N) is 3. The van der Waals surface area contributed by atoms with Gasteiger partial charge in [-0.25, -0.2) is 4.98 Å². The molecule has 0 spiro atoms. The molecule has 2 aromatic heterocycles. The normalized spacial score (nSPS) is 14.3. The van der Waals surface area contributed by atoms with Crippen molar-refractivity contribution >= 4 is 63.1 Å². The second-order valence-electron chi connectivity index (χ2n) is 9.25. The van der Waals surface area contributed by atoms with Gasteiger partial charge >= 0.3 is 5.97 Å². The molecular formula is C28H25N3O3S. The summed E-state index contributed by atoms with van der Waals surface area (Å²) in [5, 5.41) is 14.3. The third-order valence-corrected chi connectivity index (χ3v) is 6.46. The molecule has 35 heavy (non-hydrogen) atoms. The van der Waals surface area contributed by atoms with Gasteiger partial charge in [0.1, 0.15) is 23.7 Å². The number of para-hydroxylation sites is 1. The number of carbonyl (C=O) groups is 1. The van der Waals surface area contributed by atoms with Gasteiger partial charge in [-0.1, -0.05) is 36.4 Å². The Hall–Kier alpha value is -3.97. The molecule has 0 unspecified atom stereocenters. The van der Waals surface area contributed by atoms with Crippen molar-refractivity contribution in [3.05, 3.63) is 76.6 Å². The maximum absolute atomic E-state index is 12.6. The lowest BCUT2D eigenvalue weighted by Crippen LogP contribution is -2.26. The van der Waals surface area contributed by atoms with Crippen LogP contribution in [0.2, 0.25) is 0 Å². The van der Waals surface area contributed by atoms with E-state index in [0.29, 0.717) is 11.5 Å². The Labute approximate surface area is 207 Å². The second kappa shape index (κ2) is 9.00. The molecule has 6 nitrogen and oxygen atoms in total. The van der Waals surface area contributed by atoms with Gasteiger partial charge < -0.3 is 9.84 Å². The maximum Gasteiger partial charge on any atom is 0.326 e. The van der Waals surface area contributed by atoms with Crippen molar-refractivity contribution < 1.29 is 14.6 Å². The van der Waals surface area contributed by atoms with Crippen molar-refractivity contribution in [2.45, 2.75) is 32.9 Å². The van der Waals surface area contributed by atoms with E-state index in [-0.39, 0.29) is 12.4 Å². The highest BCUT2D eigenvalue weighted by molar-refractivity contribution is 7.17. The van der Waals surface area contributed by atoms with E-state index < -0.39 is 11.6 Å². The van der Waals surface area contributed by atoms with Gasteiger partial charge in [0.15, 0.2) is 0 Å². The van der Waals surface area contributed by atoms with Crippen LogP contribution in [0.3, 0.4) is 0 Å². The highest BCUT2D eigenvalue weighted by atomic mass is 32.1. The number of ether oxygens (including phenoxy) is 1. The highest BCUT2D eigenvalue weighted by Gasteiger charge is 2.22. The van der Waals surface area contributed by atoms with Gasteiger partial charge in [0.25, 0.3) is 0 Å². The molecule has 5 rings (SSSR count). The quantitative estimate of drug-likeness (QED) is 0.326. The zero-order valence-corrected chi connectivity index (χ0v) is 20.5. The van der Waals surface area contributed by atoms with Gasteiger partial charge in [-0.15, -0.1) is 11.3 Å². The first kappa shape index (κ1) is 22.8. The van der Waals surface area contributed by atoms with E-state index in [9.17, 15) is 9.90 Å². The molecular weight excluding hydrogens is 458 g/mol. The average molecular weight is 484 g/mol. The van der Waals surface area contributed by atoms with Gasteiger partial charge in [-0.2, -0.15) is 0 Å². The van der Waals surface area contributed by atoms with Gasteiger partial charge in [0, 0.05) is 22.1 Å². The van der Waals surface area contributed by atoms with E-state index in [0.717, 1.165) is 27.8 Å². The summed E-state index contributed by atoms with van der Waals surface area (Å²) in [6.07, 6.45) is 7.31. The molecule has 0 fully saturated rings. The largest absolute Gasteiger partial charge is 0.493 e. The number of aliphatic imine (C=N–C) groups is 1. The molecule has 176 valence electrons. The fraction of sp³-hybridized carbons (Fsp3) is 0.179. The summed E-state index contributed by atoms with van der Waals surface area (Å²) in [6.45, 7) is 5.28. The number of carbonyl (C=O) groups excluding carboxylic acids is 1. The summed E-state index contributed by atoms with van der Waals surface area (Å²) in [7, 11) is 0. The van der Waals surface area contributed by atoms with E-state index in [1.54, 1.807) is 23.6 Å². The predicted octanol–water partition coefficient (Wildman–Crippen LogP) is 6.57. The third kappa shape index (κ3) is 4.81. The smallest absolute Gasteiger partial charge is 0.326 e. The van der Waals surface area contributed by atoms with Crippen LogP contribution < -0.4 is 0 Å². The van der Waals surface area contributed by atoms with Gasteiger partial charge in [-0.05, 0) is 67.5 Å². The van der Waals surface area contributed by atoms with E-state index in [2.05, 4.69) is 27.5 Å². The van der Waals surface area contributed by atoms with Crippen LogP contribution in [-0.4, -0.2) is 32.4 Å². The predicted molar refractivity (Wildman–Crippen MR) is 143 cm³/mol. The minimum Gasteiger partial charge on any atom is -0.493 e. The van der Waals surface area contributed by atoms with E-state index in [4.69, 9.17) is 4.74 Å². The number of esters is 1. The molecule has 1 aliphatic heterocycles. The monoisotopic (exact) mass is 483 g/mol. The average Bonchev–Trinajstić information content (AvgIpc) is 3.49. The minimum absolute atomic E-state index is 0.101. The van der Waals surface area contributed by atoms with Gasteiger partial charge in [-0.3, -0.25) is 14.4 Å². The van der Waals surface area contributed by atoms with Crippen LogP contribution in [0.5, 0.6) is 5.88 Å². The lowest BCUT2D eigenvalue weighted by atomic mass is 10.1. The second-order valence-corrected chi connectivity index (χ2v) is 10.2. The number of hydrogen-bond acceptors (Lipinski definition) is 6. The van der Waals surface area contributed by atoms with Crippen LogP contribution in [0.25, 0.3) is 33.9 Å². The van der Waals surface area contributed by atoms with Crippen LogP contribution in [0.4, 0.5) is 5.69 Å². The number of hydrogen-bond donors (Lipinski definition) is 1. The Kier molecular flexibility index (Phi) is 5.86. The van der Waals surface area contributed by atoms with Crippen LogP contribution >= 0.6 is 11.3 Å². The summed E-state index contributed by atoms with van der Waals surface area (Å²) < 4.78 is 8.16. The number of aromatic nitrogens is 2. The van der Waals surface area contributed by atoms with Crippen molar-refractivity contribution in [3.63, 3.8) is 0 Å². The topological polar surface area (TPSA) is 76.7 Å². The van der Waals surface area contributed by atoms with Crippen molar-refractivity contribution in [2.24, 2.45) is 4.99 Å². The molecule has 4 aromatic rings. The molecule has 7 heteroatoms. The molecule has 0 bridgehead atoms. The molecule has 0 atom stereocenters. The summed E-state index contributed by atoms with van der Waals surface area (Å²) in [5.74, 6) is -0.0949. The Morgan fingerprint density at radius 1 is 1.11 bits per heavy atom. The Morgan fingerprint density at radius 3 is 2.71 bits per heavy atom. The zero-order chi connectivity index (χ0) is 24.6. The van der Waals surface area contributed by atoms with Gasteiger partial charge in [0.2, 0.25) is 5.88 Å². The number of rotatable bonds is 5. The maximum atomic E-state index is 12.6. The summed E-state index contributed by atoms with van der Waals surface area (Å²) >= 11 is 1.67. The molecule has 0 saturated carbocycles. The Bertz CT molecular complexity index is 1520. The molecule has 1 N–H and O–H groups in total. The van der Waals surface area contributed by atoms with E-state index in [1.165, 1.54) is 9.27 Å². The van der Waals surface area contributed by atoms with Crippen LogP contribution in [-0.2, 0) is 16.1 Å². The number of aromatic hydroxyl groups is 1. The summed E-state index contributed by atoms with van der Waals surface area (Å²) in [6, 6.07) is 16.0. The van der Waals surface area contributed by atoms with Gasteiger partial charge in [0.05, 0.1) is 5.69 Å². The van der Waals surface area contributed by atoms with Crippen LogP contribution in [0.15, 0.2) is 58.9 Å². The Balaban J connectivity index is 1.54. The molecule has 0 aliphatic carbocycles. The number of benzene rings is 2. The molecule has 0 saturated heterocycles. The van der Waals surface area contributed by atoms with Crippen molar-refractivity contribution in [3.8, 4) is 5.88 Å². The fourth-order valence-electron chi connectivity index (χ4n) is 3.96. The number of imidazole rings is 1. The van der Waals surface area contributed by atoms with Crippen molar-refractivity contribution in [1.82, 2.24) is 9.55 Å². The molecule has 0 radical (unpaired) electrons. The fourth-order valence-corrected chi connectivity index (χ4v) is 4.89. The molecule has 1 aliphatic rings. The lowest BCUT2D eigenvalue weighted by molar-refractivity contribution is -0.155. The van der Waals surface area contributed by atoms with E-state index in [1.807, 2.05) is 69.3 Å². The zero-order valence-electron chi connectivity index (χ0n) is 19.7. The highest BCUT2D eigenvalue weighted by Crippen LogP contribution is 2.34. The first-order chi connectivity index (χ1) is 16.8. The van der Waals surface area contributed by atoms with E-state index >= 15 is 0 Å². The SMILES string of the molecule is CC(C)(C)OC(=O)Cn1c(/C=C/c2csc3ccccc23)nc(C=C2C=Nc3ccccc32)c1O. The van der Waals surface area contributed by atoms with Crippen LogP contribution in [0.1, 0.15) is 43.4 Å². The molecule has 0 amide bonds. The van der Waals surface area contributed by atoms with Crippen molar-refractivity contribution in [2.75, 3.05) is 0 Å². The number of fused-ring (bicyclic) bond motifs is 2. The first-order valence-electron chi connectivity index (χ1n) is 11.3. The lowest BCUT2D eigenvalue weighted by Gasteiger charge is -2.20. The minimum atomic E-state index is -0.631.